The number of rotatable bonds is 3. The van der Waals surface area contributed by atoms with Crippen LogP contribution in [0.15, 0.2) is 0 Å². The second kappa shape index (κ2) is 4.44. The summed E-state index contributed by atoms with van der Waals surface area (Å²) in [7, 11) is 1.74. The van der Waals surface area contributed by atoms with Crippen molar-refractivity contribution >= 4 is 17.7 Å². The van der Waals surface area contributed by atoms with Crippen LogP contribution >= 0.6 is 0 Å². The van der Waals surface area contributed by atoms with Crippen LogP contribution in [-0.4, -0.2) is 59.7 Å². The molecule has 2 rings (SSSR count). The molecule has 2 heterocycles. The summed E-state index contributed by atoms with van der Waals surface area (Å²) in [6, 6.07) is -0.846. The molecule has 0 aliphatic carbocycles. The van der Waals surface area contributed by atoms with Gasteiger partial charge in [0.25, 0.3) is 0 Å². The molecule has 0 spiro atoms. The lowest BCUT2D eigenvalue weighted by Crippen LogP contribution is -2.46. The van der Waals surface area contributed by atoms with E-state index in [1.807, 2.05) is 0 Å². The fraction of sp³-hybridized carbons (Fsp3) is 0.727. The molecule has 6 nitrogen and oxygen atoms in total. The van der Waals surface area contributed by atoms with Crippen molar-refractivity contribution in [2.24, 2.45) is 0 Å². The maximum Gasteiger partial charge on any atom is 0.246 e. The standard InChI is InChI=1S/C11H17N3O3/c1-3-14-9(15)6-8(11(14)17)12-7-4-5-13(2)10(7)16/h7-8,12H,3-6H2,1-2H3. The lowest BCUT2D eigenvalue weighted by Gasteiger charge is -2.16. The second-order valence-electron chi connectivity index (χ2n) is 4.50. The highest BCUT2D eigenvalue weighted by Crippen LogP contribution is 2.16. The van der Waals surface area contributed by atoms with Crippen LogP contribution in [0, 0.1) is 0 Å². The van der Waals surface area contributed by atoms with Gasteiger partial charge in [0.2, 0.25) is 17.7 Å². The topological polar surface area (TPSA) is 69.7 Å². The van der Waals surface area contributed by atoms with Gasteiger partial charge >= 0.3 is 0 Å². The van der Waals surface area contributed by atoms with Crippen molar-refractivity contribution in [1.82, 2.24) is 15.1 Å². The van der Waals surface area contributed by atoms with Crippen molar-refractivity contribution < 1.29 is 14.4 Å². The molecule has 0 aromatic carbocycles. The molecule has 0 saturated carbocycles. The third-order valence-corrected chi connectivity index (χ3v) is 3.39. The molecule has 0 aromatic rings. The van der Waals surface area contributed by atoms with E-state index in [4.69, 9.17) is 0 Å². The van der Waals surface area contributed by atoms with Gasteiger partial charge in [-0.3, -0.25) is 24.6 Å². The van der Waals surface area contributed by atoms with Gasteiger partial charge in [-0.2, -0.15) is 0 Å². The summed E-state index contributed by atoms with van der Waals surface area (Å²) in [5, 5.41) is 3.00. The zero-order valence-corrected chi connectivity index (χ0v) is 10.1. The van der Waals surface area contributed by atoms with Gasteiger partial charge in [-0.05, 0) is 13.3 Å². The Morgan fingerprint density at radius 2 is 1.94 bits per heavy atom. The number of hydrogen-bond acceptors (Lipinski definition) is 4. The Morgan fingerprint density at radius 3 is 2.41 bits per heavy atom. The highest BCUT2D eigenvalue weighted by molar-refractivity contribution is 6.05. The fourth-order valence-electron chi connectivity index (χ4n) is 2.37. The van der Waals surface area contributed by atoms with Crippen molar-refractivity contribution in [2.75, 3.05) is 20.1 Å². The molecule has 2 aliphatic rings. The molecule has 2 unspecified atom stereocenters. The van der Waals surface area contributed by atoms with Crippen molar-refractivity contribution in [3.8, 4) is 0 Å². The van der Waals surface area contributed by atoms with E-state index in [-0.39, 0.29) is 30.2 Å². The summed E-state index contributed by atoms with van der Waals surface area (Å²) in [5.74, 6) is -0.367. The third-order valence-electron chi connectivity index (χ3n) is 3.39. The molecule has 94 valence electrons. The van der Waals surface area contributed by atoms with Crippen LogP contribution in [0.3, 0.4) is 0 Å². The van der Waals surface area contributed by atoms with Gasteiger partial charge in [0.1, 0.15) is 0 Å². The second-order valence-corrected chi connectivity index (χ2v) is 4.50. The van der Waals surface area contributed by atoms with E-state index in [1.54, 1.807) is 18.9 Å². The Bertz CT molecular complexity index is 369. The molecular weight excluding hydrogens is 222 g/mol. The Hall–Kier alpha value is -1.43. The van der Waals surface area contributed by atoms with Crippen LogP contribution in [0.5, 0.6) is 0 Å². The smallest absolute Gasteiger partial charge is 0.246 e. The number of carbonyl (C=O) groups excluding carboxylic acids is 3. The van der Waals surface area contributed by atoms with Crippen LogP contribution in [0.25, 0.3) is 0 Å². The number of hydrogen-bond donors (Lipinski definition) is 1. The minimum absolute atomic E-state index is 0.000183. The van der Waals surface area contributed by atoms with Crippen LogP contribution in [0.4, 0.5) is 0 Å². The first-order chi connectivity index (χ1) is 8.04. The normalized spacial score (nSPS) is 29.6. The Labute approximate surface area is 99.9 Å². The van der Waals surface area contributed by atoms with E-state index in [1.165, 1.54) is 4.90 Å². The molecule has 0 aromatic heterocycles. The predicted octanol–water partition coefficient (Wildman–Crippen LogP) is -1.05. The maximum absolute atomic E-state index is 11.8. The van der Waals surface area contributed by atoms with E-state index in [2.05, 4.69) is 5.32 Å². The number of likely N-dealkylation sites (N-methyl/N-ethyl adjacent to an activating group) is 2. The Balaban J connectivity index is 1.99. The van der Waals surface area contributed by atoms with Gasteiger partial charge in [0, 0.05) is 20.1 Å². The SMILES string of the molecule is CCN1C(=O)CC(NC2CCN(C)C2=O)C1=O. The van der Waals surface area contributed by atoms with Crippen LogP contribution < -0.4 is 5.32 Å². The van der Waals surface area contributed by atoms with Gasteiger partial charge in [-0.25, -0.2) is 0 Å². The van der Waals surface area contributed by atoms with Gasteiger partial charge < -0.3 is 4.90 Å². The summed E-state index contributed by atoms with van der Waals surface area (Å²) in [6.45, 7) is 2.86. The summed E-state index contributed by atoms with van der Waals surface area (Å²) in [5.41, 5.74) is 0. The Morgan fingerprint density at radius 1 is 1.24 bits per heavy atom. The molecule has 2 saturated heterocycles. The zero-order chi connectivity index (χ0) is 12.6. The average molecular weight is 239 g/mol. The minimum atomic E-state index is -0.525. The van der Waals surface area contributed by atoms with Crippen molar-refractivity contribution in [3.05, 3.63) is 0 Å². The van der Waals surface area contributed by atoms with E-state index < -0.39 is 6.04 Å². The quantitative estimate of drug-likeness (QED) is 0.638. The zero-order valence-electron chi connectivity index (χ0n) is 10.1. The Kier molecular flexibility index (Phi) is 3.15. The number of nitrogens with zero attached hydrogens (tertiary/aromatic N) is 2. The number of likely N-dealkylation sites (tertiary alicyclic amines) is 2. The molecule has 2 fully saturated rings. The molecule has 0 bridgehead atoms. The summed E-state index contributed by atoms with van der Waals surface area (Å²) in [6.07, 6.45) is 0.861. The summed E-state index contributed by atoms with van der Waals surface area (Å²) < 4.78 is 0. The molecule has 2 aliphatic heterocycles. The van der Waals surface area contributed by atoms with Gasteiger partial charge in [0.05, 0.1) is 18.5 Å². The molecule has 0 radical (unpaired) electrons. The summed E-state index contributed by atoms with van der Waals surface area (Å²) in [4.78, 5) is 37.9. The molecular formula is C11H17N3O3. The van der Waals surface area contributed by atoms with Crippen LogP contribution in [0.2, 0.25) is 0 Å². The van der Waals surface area contributed by atoms with E-state index in [0.717, 1.165) is 0 Å². The van der Waals surface area contributed by atoms with E-state index >= 15 is 0 Å². The summed E-state index contributed by atoms with van der Waals surface area (Å²) >= 11 is 0. The van der Waals surface area contributed by atoms with E-state index in [9.17, 15) is 14.4 Å². The first-order valence-corrected chi connectivity index (χ1v) is 5.89. The molecule has 17 heavy (non-hydrogen) atoms. The minimum Gasteiger partial charge on any atom is -0.344 e. The van der Waals surface area contributed by atoms with Crippen molar-refractivity contribution in [2.45, 2.75) is 31.8 Å². The first-order valence-electron chi connectivity index (χ1n) is 5.89. The molecule has 2 atom stereocenters. The van der Waals surface area contributed by atoms with E-state index in [0.29, 0.717) is 19.5 Å². The molecule has 3 amide bonds. The largest absolute Gasteiger partial charge is 0.344 e. The van der Waals surface area contributed by atoms with Crippen LogP contribution in [-0.2, 0) is 14.4 Å². The monoisotopic (exact) mass is 239 g/mol. The fourth-order valence-corrected chi connectivity index (χ4v) is 2.37. The van der Waals surface area contributed by atoms with Gasteiger partial charge in [-0.15, -0.1) is 0 Å². The average Bonchev–Trinajstić information content (AvgIpc) is 2.74. The van der Waals surface area contributed by atoms with Crippen molar-refractivity contribution in [1.29, 1.82) is 0 Å². The number of carbonyl (C=O) groups is 3. The molecule has 1 N–H and O–H groups in total. The highest BCUT2D eigenvalue weighted by atomic mass is 16.2. The maximum atomic E-state index is 11.8. The van der Waals surface area contributed by atoms with Crippen molar-refractivity contribution in [3.63, 3.8) is 0 Å². The predicted molar refractivity (Wildman–Crippen MR) is 60.0 cm³/mol. The number of imide groups is 1. The lowest BCUT2D eigenvalue weighted by atomic mass is 10.2. The lowest BCUT2D eigenvalue weighted by molar-refractivity contribution is -0.138. The van der Waals surface area contributed by atoms with Gasteiger partial charge in [0.15, 0.2) is 0 Å². The number of amides is 3. The van der Waals surface area contributed by atoms with Gasteiger partial charge in [-0.1, -0.05) is 0 Å². The highest BCUT2D eigenvalue weighted by Gasteiger charge is 2.41. The first kappa shape index (κ1) is 12.0. The number of nitrogens with one attached hydrogen (secondary N) is 1. The third kappa shape index (κ3) is 2.04. The molecule has 6 heteroatoms. The van der Waals surface area contributed by atoms with Crippen LogP contribution in [0.1, 0.15) is 19.8 Å².